The zero-order chi connectivity index (χ0) is 17.4. The molecule has 2 aromatic heterocycles. The van der Waals surface area contributed by atoms with E-state index in [9.17, 15) is 4.79 Å². The first kappa shape index (κ1) is 16.9. The van der Waals surface area contributed by atoms with Crippen LogP contribution >= 0.6 is 22.9 Å². The Hall–Kier alpha value is -1.92. The number of carbonyl (C=O) groups is 1. The predicted octanol–water partition coefficient (Wildman–Crippen LogP) is 4.12. The highest BCUT2D eigenvalue weighted by Crippen LogP contribution is 2.33. The van der Waals surface area contributed by atoms with E-state index >= 15 is 0 Å². The Bertz CT molecular complexity index is 915. The van der Waals surface area contributed by atoms with Crippen LogP contribution in [0.25, 0.3) is 10.2 Å². The Kier molecular flexibility index (Phi) is 4.60. The van der Waals surface area contributed by atoms with Gasteiger partial charge in [0.05, 0.1) is 22.5 Å². The molecule has 0 N–H and O–H groups in total. The van der Waals surface area contributed by atoms with Gasteiger partial charge in [-0.25, -0.2) is 4.98 Å². The van der Waals surface area contributed by atoms with Crippen molar-refractivity contribution < 1.29 is 4.79 Å². The summed E-state index contributed by atoms with van der Waals surface area (Å²) >= 11 is 7.68. The van der Waals surface area contributed by atoms with Crippen LogP contribution in [-0.4, -0.2) is 27.2 Å². The lowest BCUT2D eigenvalue weighted by Gasteiger charge is -2.18. The van der Waals surface area contributed by atoms with E-state index in [1.807, 2.05) is 43.7 Å². The molecular weight excluding hydrogens is 344 g/mol. The zero-order valence-corrected chi connectivity index (χ0v) is 15.7. The van der Waals surface area contributed by atoms with E-state index in [4.69, 9.17) is 11.6 Å². The van der Waals surface area contributed by atoms with Crippen molar-refractivity contribution in [1.82, 2.24) is 14.8 Å². The van der Waals surface area contributed by atoms with E-state index in [1.165, 1.54) is 11.3 Å². The van der Waals surface area contributed by atoms with E-state index in [2.05, 4.69) is 10.1 Å². The number of anilines is 1. The molecule has 3 rings (SSSR count). The maximum absolute atomic E-state index is 12.1. The molecule has 0 aliphatic rings. The third kappa shape index (κ3) is 3.16. The molecule has 7 heteroatoms. The Morgan fingerprint density at radius 1 is 1.33 bits per heavy atom. The standard InChI is InChI=1S/C17H19ClN4OS/c1-10-9-11(2)22(20-10)8-7-21(13(4)23)17-19-16-12(3)14(18)5-6-15(16)24-17/h5-6,9H,7-8H2,1-4H3. The van der Waals surface area contributed by atoms with Gasteiger partial charge in [0.25, 0.3) is 0 Å². The SMILES string of the molecule is CC(=O)N(CCn1nc(C)cc1C)c1nc2c(C)c(Cl)ccc2s1. The molecule has 24 heavy (non-hydrogen) atoms. The molecule has 0 fully saturated rings. The first-order valence-electron chi connectivity index (χ1n) is 7.71. The summed E-state index contributed by atoms with van der Waals surface area (Å²) in [4.78, 5) is 18.5. The monoisotopic (exact) mass is 362 g/mol. The maximum atomic E-state index is 12.1. The normalized spacial score (nSPS) is 11.2. The molecule has 2 heterocycles. The second-order valence-corrected chi connectivity index (χ2v) is 7.25. The summed E-state index contributed by atoms with van der Waals surface area (Å²) < 4.78 is 2.95. The van der Waals surface area contributed by atoms with Crippen LogP contribution in [0.15, 0.2) is 18.2 Å². The van der Waals surface area contributed by atoms with Crippen molar-refractivity contribution in [2.24, 2.45) is 0 Å². The predicted molar refractivity (Wildman–Crippen MR) is 99.1 cm³/mol. The first-order chi connectivity index (χ1) is 11.4. The van der Waals surface area contributed by atoms with Crippen molar-refractivity contribution in [1.29, 1.82) is 0 Å². The number of carbonyl (C=O) groups excluding carboxylic acids is 1. The Balaban J connectivity index is 1.89. The molecular formula is C17H19ClN4OS. The number of halogens is 1. The molecule has 3 aromatic rings. The molecule has 0 bridgehead atoms. The van der Waals surface area contributed by atoms with E-state index in [-0.39, 0.29) is 5.91 Å². The van der Waals surface area contributed by atoms with Gasteiger partial charge in [-0.1, -0.05) is 22.9 Å². The van der Waals surface area contributed by atoms with Crippen LogP contribution in [0.2, 0.25) is 5.02 Å². The van der Waals surface area contributed by atoms with Gasteiger partial charge in [-0.3, -0.25) is 14.4 Å². The lowest BCUT2D eigenvalue weighted by Crippen LogP contribution is -2.32. The fraction of sp³-hybridized carbons (Fsp3) is 0.353. The molecule has 5 nitrogen and oxygen atoms in total. The number of nitrogens with zero attached hydrogens (tertiary/aromatic N) is 4. The molecule has 0 saturated heterocycles. The van der Waals surface area contributed by atoms with Crippen molar-refractivity contribution in [3.8, 4) is 0 Å². The van der Waals surface area contributed by atoms with Gasteiger partial charge in [-0.15, -0.1) is 0 Å². The Morgan fingerprint density at radius 3 is 2.71 bits per heavy atom. The van der Waals surface area contributed by atoms with Crippen molar-refractivity contribution in [2.75, 3.05) is 11.4 Å². The van der Waals surface area contributed by atoms with Crippen molar-refractivity contribution in [2.45, 2.75) is 34.2 Å². The first-order valence-corrected chi connectivity index (χ1v) is 8.91. The molecule has 0 saturated carbocycles. The zero-order valence-electron chi connectivity index (χ0n) is 14.1. The highest BCUT2D eigenvalue weighted by molar-refractivity contribution is 7.22. The van der Waals surface area contributed by atoms with E-state index in [1.54, 1.807) is 11.8 Å². The number of fused-ring (bicyclic) bond motifs is 1. The molecule has 126 valence electrons. The van der Waals surface area contributed by atoms with Crippen molar-refractivity contribution in [3.05, 3.63) is 40.2 Å². The van der Waals surface area contributed by atoms with Gasteiger partial charge in [0, 0.05) is 24.2 Å². The summed E-state index contributed by atoms with van der Waals surface area (Å²) in [6.07, 6.45) is 0. The van der Waals surface area contributed by atoms with Crippen LogP contribution in [0.3, 0.4) is 0 Å². The minimum absolute atomic E-state index is 0.0284. The topological polar surface area (TPSA) is 51.0 Å². The minimum atomic E-state index is -0.0284. The summed E-state index contributed by atoms with van der Waals surface area (Å²) in [7, 11) is 0. The van der Waals surface area contributed by atoms with Crippen LogP contribution < -0.4 is 4.90 Å². The van der Waals surface area contributed by atoms with Gasteiger partial charge >= 0.3 is 0 Å². The van der Waals surface area contributed by atoms with Gasteiger partial charge in [-0.2, -0.15) is 5.10 Å². The second kappa shape index (κ2) is 6.53. The van der Waals surface area contributed by atoms with E-state index < -0.39 is 0 Å². The average Bonchev–Trinajstić information content (AvgIpc) is 3.07. The molecule has 0 atom stereocenters. The van der Waals surface area contributed by atoms with Gasteiger partial charge in [0.1, 0.15) is 0 Å². The van der Waals surface area contributed by atoms with Gasteiger partial charge in [-0.05, 0) is 44.5 Å². The summed E-state index contributed by atoms with van der Waals surface area (Å²) in [5.74, 6) is -0.0284. The van der Waals surface area contributed by atoms with Crippen LogP contribution in [0, 0.1) is 20.8 Å². The Morgan fingerprint density at radius 2 is 2.08 bits per heavy atom. The quantitative estimate of drug-likeness (QED) is 0.701. The summed E-state index contributed by atoms with van der Waals surface area (Å²) in [6, 6.07) is 5.85. The van der Waals surface area contributed by atoms with Crippen molar-refractivity contribution >= 4 is 44.2 Å². The number of aryl methyl sites for hydroxylation is 3. The third-order valence-electron chi connectivity index (χ3n) is 3.99. The smallest absolute Gasteiger partial charge is 0.225 e. The molecule has 0 aliphatic carbocycles. The third-order valence-corrected chi connectivity index (χ3v) is 5.44. The maximum Gasteiger partial charge on any atom is 0.225 e. The fourth-order valence-corrected chi connectivity index (χ4v) is 3.94. The number of hydrogen-bond donors (Lipinski definition) is 0. The van der Waals surface area contributed by atoms with Crippen LogP contribution in [0.1, 0.15) is 23.9 Å². The lowest BCUT2D eigenvalue weighted by atomic mass is 10.2. The van der Waals surface area contributed by atoms with Gasteiger partial charge in [0.15, 0.2) is 5.13 Å². The number of amides is 1. The van der Waals surface area contributed by atoms with Crippen LogP contribution in [0.5, 0.6) is 0 Å². The molecule has 1 amide bonds. The largest absolute Gasteiger partial charge is 0.286 e. The summed E-state index contributed by atoms with van der Waals surface area (Å²) in [5, 5.41) is 5.84. The Labute approximate surface area is 149 Å². The van der Waals surface area contributed by atoms with E-state index in [0.29, 0.717) is 23.2 Å². The summed E-state index contributed by atoms with van der Waals surface area (Å²) in [5.41, 5.74) is 3.87. The number of hydrogen-bond acceptors (Lipinski definition) is 4. The number of benzene rings is 1. The van der Waals surface area contributed by atoms with Crippen LogP contribution in [-0.2, 0) is 11.3 Å². The number of thiazole rings is 1. The van der Waals surface area contributed by atoms with Gasteiger partial charge < -0.3 is 0 Å². The van der Waals surface area contributed by atoms with Crippen molar-refractivity contribution in [3.63, 3.8) is 0 Å². The summed E-state index contributed by atoms with van der Waals surface area (Å²) in [6.45, 7) is 8.65. The minimum Gasteiger partial charge on any atom is -0.286 e. The lowest BCUT2D eigenvalue weighted by molar-refractivity contribution is -0.116. The highest BCUT2D eigenvalue weighted by atomic mass is 35.5. The van der Waals surface area contributed by atoms with Crippen LogP contribution in [0.4, 0.5) is 5.13 Å². The molecule has 1 aromatic carbocycles. The second-order valence-electron chi connectivity index (χ2n) is 5.84. The van der Waals surface area contributed by atoms with E-state index in [0.717, 1.165) is 27.2 Å². The fourth-order valence-electron chi connectivity index (χ4n) is 2.69. The molecule has 0 aliphatic heterocycles. The number of rotatable bonds is 4. The number of aromatic nitrogens is 3. The highest BCUT2D eigenvalue weighted by Gasteiger charge is 2.18. The molecule has 0 spiro atoms. The van der Waals surface area contributed by atoms with Gasteiger partial charge in [0.2, 0.25) is 5.91 Å². The molecule has 0 radical (unpaired) electrons. The molecule has 0 unspecified atom stereocenters. The average molecular weight is 363 g/mol.